The van der Waals surface area contributed by atoms with Gasteiger partial charge in [0.15, 0.2) is 9.84 Å². The molecule has 0 heterocycles. The number of carboxylic acid groups (broad SMARTS) is 1. The van der Waals surface area contributed by atoms with E-state index in [1.807, 2.05) is 0 Å². The topological polar surface area (TPSA) is 71.4 Å². The zero-order valence-electron chi connectivity index (χ0n) is 10.4. The van der Waals surface area contributed by atoms with E-state index >= 15 is 0 Å². The molecule has 0 aliphatic carbocycles. The molecule has 0 amide bonds. The first-order valence-electron chi connectivity index (χ1n) is 5.26. The Bertz CT molecular complexity index is 576. The summed E-state index contributed by atoms with van der Waals surface area (Å²) in [4.78, 5) is 10.6. The van der Waals surface area contributed by atoms with Crippen molar-refractivity contribution < 1.29 is 22.7 Å². The molecule has 100 valence electrons. The minimum absolute atomic E-state index is 0.0531. The average molecular weight is 274 g/mol. The first-order valence-corrected chi connectivity index (χ1v) is 7.15. The summed E-state index contributed by atoms with van der Waals surface area (Å²) in [5, 5.41) is 9.02. The molecule has 1 N–H and O–H groups in total. The van der Waals surface area contributed by atoms with E-state index in [2.05, 4.69) is 0 Å². The maximum absolute atomic E-state index is 13.6. The van der Waals surface area contributed by atoms with E-state index in [1.165, 1.54) is 26.0 Å². The molecule has 1 aromatic rings. The molecule has 6 heteroatoms. The van der Waals surface area contributed by atoms with Crippen molar-refractivity contribution in [2.24, 2.45) is 5.41 Å². The fraction of sp³-hybridized carbons (Fsp3) is 0.417. The predicted octanol–water partition coefficient (Wildman–Crippen LogP) is 1.88. The molecule has 4 nitrogen and oxygen atoms in total. The summed E-state index contributed by atoms with van der Waals surface area (Å²) in [6.45, 7) is 2.93. The molecule has 1 aromatic carbocycles. The van der Waals surface area contributed by atoms with E-state index in [0.29, 0.717) is 0 Å². The van der Waals surface area contributed by atoms with Crippen molar-refractivity contribution in [3.05, 3.63) is 29.6 Å². The summed E-state index contributed by atoms with van der Waals surface area (Å²) in [6, 6.07) is 3.86. The van der Waals surface area contributed by atoms with Crippen LogP contribution in [-0.2, 0) is 21.1 Å². The van der Waals surface area contributed by atoms with Crippen LogP contribution in [0.4, 0.5) is 4.39 Å². The number of halogens is 1. The van der Waals surface area contributed by atoms with E-state index in [9.17, 15) is 17.6 Å². The van der Waals surface area contributed by atoms with E-state index in [0.717, 1.165) is 12.3 Å². The van der Waals surface area contributed by atoms with Gasteiger partial charge >= 0.3 is 5.97 Å². The Morgan fingerprint density at radius 1 is 1.39 bits per heavy atom. The molecule has 0 radical (unpaired) electrons. The standard InChI is InChI=1S/C12H15FO4S/c1-12(2,11(14)15)7-8-5-4-6-9(13)10(8)18(3,16)17/h4-6H,7H2,1-3H3,(H,14,15). The molecule has 0 aliphatic rings. The Morgan fingerprint density at radius 2 is 1.94 bits per heavy atom. The minimum atomic E-state index is -3.73. The quantitative estimate of drug-likeness (QED) is 0.910. The van der Waals surface area contributed by atoms with Crippen LogP contribution >= 0.6 is 0 Å². The van der Waals surface area contributed by atoms with Crippen LogP contribution < -0.4 is 0 Å². The zero-order valence-corrected chi connectivity index (χ0v) is 11.2. The molecule has 0 bridgehead atoms. The van der Waals surface area contributed by atoms with Gasteiger partial charge in [-0.1, -0.05) is 12.1 Å². The van der Waals surface area contributed by atoms with Crippen LogP contribution in [0.5, 0.6) is 0 Å². The largest absolute Gasteiger partial charge is 0.481 e. The number of sulfone groups is 1. The van der Waals surface area contributed by atoms with E-state index in [4.69, 9.17) is 5.11 Å². The van der Waals surface area contributed by atoms with Crippen molar-refractivity contribution in [3.8, 4) is 0 Å². The Balaban J connectivity index is 3.36. The summed E-state index contributed by atoms with van der Waals surface area (Å²) in [7, 11) is -3.73. The lowest BCUT2D eigenvalue weighted by molar-refractivity contribution is -0.146. The maximum Gasteiger partial charge on any atom is 0.309 e. The van der Waals surface area contributed by atoms with Crippen LogP contribution in [0.3, 0.4) is 0 Å². The SMILES string of the molecule is CC(C)(Cc1cccc(F)c1S(C)(=O)=O)C(=O)O. The van der Waals surface area contributed by atoms with E-state index in [-0.39, 0.29) is 12.0 Å². The predicted molar refractivity (Wildman–Crippen MR) is 64.6 cm³/mol. The van der Waals surface area contributed by atoms with E-state index in [1.54, 1.807) is 0 Å². The third-order valence-corrected chi connectivity index (χ3v) is 3.83. The Hall–Kier alpha value is -1.43. The summed E-state index contributed by atoms with van der Waals surface area (Å²) in [5.74, 6) is -1.91. The summed E-state index contributed by atoms with van der Waals surface area (Å²) >= 11 is 0. The molecule has 1 rings (SSSR count). The lowest BCUT2D eigenvalue weighted by atomic mass is 9.86. The maximum atomic E-state index is 13.6. The number of carbonyl (C=O) groups is 1. The highest BCUT2D eigenvalue weighted by atomic mass is 32.2. The monoisotopic (exact) mass is 274 g/mol. The molecule has 0 unspecified atom stereocenters. The van der Waals surface area contributed by atoms with Crippen molar-refractivity contribution in [3.63, 3.8) is 0 Å². The number of hydrogen-bond acceptors (Lipinski definition) is 3. The molecule has 0 aromatic heterocycles. The van der Waals surface area contributed by atoms with Crippen LogP contribution in [0, 0.1) is 11.2 Å². The second-order valence-electron chi connectivity index (χ2n) is 4.87. The molecule has 0 saturated carbocycles. The first kappa shape index (κ1) is 14.6. The summed E-state index contributed by atoms with van der Waals surface area (Å²) < 4.78 is 36.7. The number of aliphatic carboxylic acids is 1. The molecule has 0 saturated heterocycles. The summed E-state index contributed by atoms with van der Waals surface area (Å²) in [6.07, 6.45) is 0.852. The number of carboxylic acids is 1. The van der Waals surface area contributed by atoms with Crippen LogP contribution in [-0.4, -0.2) is 25.7 Å². The van der Waals surface area contributed by atoms with Gasteiger partial charge in [-0.25, -0.2) is 12.8 Å². The van der Waals surface area contributed by atoms with Crippen LogP contribution in [0.25, 0.3) is 0 Å². The molecule has 0 fully saturated rings. The van der Waals surface area contributed by atoms with Gasteiger partial charge in [0, 0.05) is 6.26 Å². The van der Waals surface area contributed by atoms with Crippen LogP contribution in [0.15, 0.2) is 23.1 Å². The highest BCUT2D eigenvalue weighted by molar-refractivity contribution is 7.90. The molecule has 18 heavy (non-hydrogen) atoms. The van der Waals surface area contributed by atoms with Gasteiger partial charge in [-0.2, -0.15) is 0 Å². The van der Waals surface area contributed by atoms with Gasteiger partial charge < -0.3 is 5.11 Å². The number of hydrogen-bond donors (Lipinski definition) is 1. The Kier molecular flexibility index (Phi) is 3.81. The highest BCUT2D eigenvalue weighted by Gasteiger charge is 2.30. The molecular formula is C12H15FO4S. The van der Waals surface area contributed by atoms with Crippen molar-refractivity contribution in [1.82, 2.24) is 0 Å². The number of rotatable bonds is 4. The lowest BCUT2D eigenvalue weighted by Gasteiger charge is -2.20. The average Bonchev–Trinajstić information content (AvgIpc) is 2.14. The van der Waals surface area contributed by atoms with Crippen molar-refractivity contribution in [2.75, 3.05) is 6.26 Å². The zero-order chi connectivity index (χ0) is 14.1. The van der Waals surface area contributed by atoms with Gasteiger partial charge in [-0.05, 0) is 31.9 Å². The summed E-state index contributed by atoms with van der Waals surface area (Å²) in [5.41, 5.74) is -0.974. The van der Waals surface area contributed by atoms with Gasteiger partial charge in [0.2, 0.25) is 0 Å². The van der Waals surface area contributed by atoms with Crippen LogP contribution in [0.1, 0.15) is 19.4 Å². The van der Waals surface area contributed by atoms with Crippen LogP contribution in [0.2, 0.25) is 0 Å². The highest BCUT2D eigenvalue weighted by Crippen LogP contribution is 2.28. The molecule has 0 aliphatic heterocycles. The van der Waals surface area contributed by atoms with E-state index < -0.39 is 31.9 Å². The molecule has 0 atom stereocenters. The van der Waals surface area contributed by atoms with Gasteiger partial charge in [0.05, 0.1) is 5.41 Å². The fourth-order valence-electron chi connectivity index (χ4n) is 1.66. The second-order valence-corrected chi connectivity index (χ2v) is 6.82. The van der Waals surface area contributed by atoms with Crippen molar-refractivity contribution in [1.29, 1.82) is 0 Å². The first-order chi connectivity index (χ1) is 8.05. The Labute approximate surface area is 105 Å². The second kappa shape index (κ2) is 4.68. The van der Waals surface area contributed by atoms with Gasteiger partial charge in [-0.3, -0.25) is 4.79 Å². The molecule has 0 spiro atoms. The van der Waals surface area contributed by atoms with Crippen molar-refractivity contribution in [2.45, 2.75) is 25.2 Å². The Morgan fingerprint density at radius 3 is 2.39 bits per heavy atom. The third kappa shape index (κ3) is 3.07. The normalized spacial score (nSPS) is 12.4. The lowest BCUT2D eigenvalue weighted by Crippen LogP contribution is -2.27. The number of benzene rings is 1. The molecular weight excluding hydrogens is 259 g/mol. The van der Waals surface area contributed by atoms with Gasteiger partial charge in [-0.15, -0.1) is 0 Å². The van der Waals surface area contributed by atoms with Gasteiger partial charge in [0.25, 0.3) is 0 Å². The smallest absolute Gasteiger partial charge is 0.309 e. The minimum Gasteiger partial charge on any atom is -0.481 e. The third-order valence-electron chi connectivity index (χ3n) is 2.63. The fourth-order valence-corrected chi connectivity index (χ4v) is 2.70. The van der Waals surface area contributed by atoms with Gasteiger partial charge in [0.1, 0.15) is 10.7 Å². The van der Waals surface area contributed by atoms with Crippen molar-refractivity contribution >= 4 is 15.8 Å².